The molecule has 4 unspecified atom stereocenters. The summed E-state index contributed by atoms with van der Waals surface area (Å²) in [6, 6.07) is 12.3. The van der Waals surface area contributed by atoms with Crippen LogP contribution in [-0.4, -0.2) is 93.1 Å². The Morgan fingerprint density at radius 1 is 0.865 bits per heavy atom. The molecule has 0 aliphatic carbocycles. The fourth-order valence-corrected chi connectivity index (χ4v) is 7.16. The van der Waals surface area contributed by atoms with Crippen molar-refractivity contribution in [2.24, 2.45) is 5.92 Å². The molecule has 0 radical (unpaired) electrons. The molecule has 0 spiro atoms. The molecule has 6 rings (SSSR count). The molecule has 52 heavy (non-hydrogen) atoms. The quantitative estimate of drug-likeness (QED) is 0.145. The lowest BCUT2D eigenvalue weighted by atomic mass is 10.0. The first-order valence-electron chi connectivity index (χ1n) is 17.7. The smallest absolute Gasteiger partial charge is 0.407 e. The van der Waals surface area contributed by atoms with Crippen molar-refractivity contribution in [3.8, 4) is 22.4 Å². The molecule has 2 saturated heterocycles. The average molecular weight is 711 g/mol. The minimum absolute atomic E-state index is 0.111. The van der Waals surface area contributed by atoms with E-state index in [9.17, 15) is 19.2 Å². The molecular weight excluding hydrogens is 664 g/mol. The second kappa shape index (κ2) is 15.7. The number of hydrogen-bond acceptors (Lipinski definition) is 8. The largest absolute Gasteiger partial charge is 0.453 e. The number of nitrogens with zero attached hydrogens (tertiary/aromatic N) is 4. The Labute approximate surface area is 302 Å². The number of alkyl carbamates (subject to hydrolysis) is 2. The van der Waals surface area contributed by atoms with Crippen molar-refractivity contribution in [1.82, 2.24) is 40.4 Å². The first-order chi connectivity index (χ1) is 25.1. The van der Waals surface area contributed by atoms with Crippen LogP contribution in [0.15, 0.2) is 61.3 Å². The Morgan fingerprint density at radius 2 is 1.48 bits per heavy atom. The number of ether oxygens (including phenoxy) is 2. The number of likely N-dealkylation sites (tertiary alicyclic amines) is 2. The molecule has 4 amide bonds. The summed E-state index contributed by atoms with van der Waals surface area (Å²) in [5.74, 6) is 0.969. The second-order valence-corrected chi connectivity index (χ2v) is 13.6. The third kappa shape index (κ3) is 7.51. The fourth-order valence-electron chi connectivity index (χ4n) is 7.16. The van der Waals surface area contributed by atoms with Crippen LogP contribution in [0.3, 0.4) is 0 Å². The maximum absolute atomic E-state index is 13.6. The van der Waals surface area contributed by atoms with Gasteiger partial charge in [-0.15, -0.1) is 6.58 Å². The fraction of sp³-hybridized carbons (Fsp3) is 0.421. The number of H-pyrrole nitrogens is 2. The van der Waals surface area contributed by atoms with Gasteiger partial charge in [0.15, 0.2) is 0 Å². The van der Waals surface area contributed by atoms with Gasteiger partial charge in [-0.05, 0) is 66.8 Å². The summed E-state index contributed by atoms with van der Waals surface area (Å²) in [5.41, 5.74) is 5.50. The number of aromatic amines is 2. The van der Waals surface area contributed by atoms with Crippen LogP contribution in [0.4, 0.5) is 9.59 Å². The molecule has 274 valence electrons. The molecule has 4 N–H and O–H groups in total. The molecule has 4 heterocycles. The van der Waals surface area contributed by atoms with E-state index in [1.54, 1.807) is 17.2 Å². The number of aromatic nitrogens is 4. The average Bonchev–Trinajstić information content (AvgIpc) is 3.98. The molecule has 2 aromatic carbocycles. The maximum atomic E-state index is 13.6. The predicted octanol–water partition coefficient (Wildman–Crippen LogP) is 5.63. The van der Waals surface area contributed by atoms with E-state index >= 15 is 0 Å². The van der Waals surface area contributed by atoms with Crippen molar-refractivity contribution in [3.05, 3.63) is 73.0 Å². The summed E-state index contributed by atoms with van der Waals surface area (Å²) in [7, 11) is 2.55. The van der Waals surface area contributed by atoms with Gasteiger partial charge < -0.3 is 39.9 Å². The van der Waals surface area contributed by atoms with E-state index in [1.165, 1.54) is 14.2 Å². The van der Waals surface area contributed by atoms with E-state index in [1.807, 2.05) is 43.0 Å². The highest BCUT2D eigenvalue weighted by Gasteiger charge is 2.38. The van der Waals surface area contributed by atoms with Gasteiger partial charge in [-0.3, -0.25) is 9.59 Å². The molecule has 0 saturated carbocycles. The molecule has 4 atom stereocenters. The van der Waals surface area contributed by atoms with E-state index in [0.29, 0.717) is 18.9 Å². The number of imidazole rings is 2. The van der Waals surface area contributed by atoms with Crippen LogP contribution >= 0.6 is 0 Å². The van der Waals surface area contributed by atoms with Crippen LogP contribution in [0.25, 0.3) is 33.4 Å². The molecule has 14 heteroatoms. The van der Waals surface area contributed by atoms with E-state index < -0.39 is 24.3 Å². The predicted molar refractivity (Wildman–Crippen MR) is 195 cm³/mol. The zero-order valence-corrected chi connectivity index (χ0v) is 30.0. The van der Waals surface area contributed by atoms with Crippen LogP contribution in [0.1, 0.15) is 69.7 Å². The van der Waals surface area contributed by atoms with Gasteiger partial charge in [0.05, 0.1) is 49.2 Å². The van der Waals surface area contributed by atoms with E-state index in [0.717, 1.165) is 64.9 Å². The summed E-state index contributed by atoms with van der Waals surface area (Å²) in [6.45, 7) is 8.67. The van der Waals surface area contributed by atoms with Gasteiger partial charge in [0.2, 0.25) is 11.8 Å². The van der Waals surface area contributed by atoms with Crippen LogP contribution in [0.5, 0.6) is 0 Å². The third-order valence-electron chi connectivity index (χ3n) is 9.90. The lowest BCUT2D eigenvalue weighted by Gasteiger charge is -2.29. The number of hydrogen-bond donors (Lipinski definition) is 4. The topological polar surface area (TPSA) is 175 Å². The van der Waals surface area contributed by atoms with Crippen molar-refractivity contribution < 1.29 is 28.7 Å². The Morgan fingerprint density at radius 3 is 2.13 bits per heavy atom. The molecule has 2 fully saturated rings. The van der Waals surface area contributed by atoms with Crippen molar-refractivity contribution in [2.45, 2.75) is 70.1 Å². The Bertz CT molecular complexity index is 1930. The van der Waals surface area contributed by atoms with Crippen LogP contribution in [0.2, 0.25) is 0 Å². The lowest BCUT2D eigenvalue weighted by Crippen LogP contribution is -2.51. The monoisotopic (exact) mass is 710 g/mol. The standard InChI is InChI=1S/C38H46N8O6/c1-6-9-27(43-37(49)51-4)35(47)45-18-7-10-30(45)33-39-21-29(42-33)24-14-12-23(13-15-24)25-16-17-26-28(20-25)41-34(40-26)31-11-8-19-46(31)36(48)32(22(2)3)44-38(50)52-5/h6,12-17,20-22,27,30-32H,1,7-11,18-19H2,2-5H3,(H,39,42)(H,40,41)(H,43,49)(H,44,50). The van der Waals surface area contributed by atoms with Crippen molar-refractivity contribution in [1.29, 1.82) is 0 Å². The van der Waals surface area contributed by atoms with Gasteiger partial charge in [0.1, 0.15) is 23.7 Å². The third-order valence-corrected chi connectivity index (χ3v) is 9.90. The summed E-state index contributed by atoms with van der Waals surface area (Å²) in [4.78, 5) is 70.8. The zero-order valence-electron chi connectivity index (χ0n) is 30.0. The summed E-state index contributed by atoms with van der Waals surface area (Å²) in [5, 5.41) is 5.32. The Kier molecular flexibility index (Phi) is 10.9. The van der Waals surface area contributed by atoms with Gasteiger partial charge in [-0.2, -0.15) is 0 Å². The van der Waals surface area contributed by atoms with Crippen LogP contribution < -0.4 is 10.6 Å². The number of benzene rings is 2. The summed E-state index contributed by atoms with van der Waals surface area (Å²) < 4.78 is 9.47. The molecule has 2 aliphatic rings. The summed E-state index contributed by atoms with van der Waals surface area (Å²) in [6.07, 6.45) is 5.58. The number of amides is 4. The maximum Gasteiger partial charge on any atom is 0.407 e. The SMILES string of the molecule is C=CCC(NC(=O)OC)C(=O)N1CCCC1c1ncc(-c2ccc(-c3ccc4nc(C5CCCN5C(=O)C(NC(=O)OC)C(C)C)[nH]c4c3)cc2)[nH]1. The van der Waals surface area contributed by atoms with E-state index in [-0.39, 0.29) is 36.2 Å². The molecule has 2 aliphatic heterocycles. The summed E-state index contributed by atoms with van der Waals surface area (Å²) >= 11 is 0. The van der Waals surface area contributed by atoms with Crippen molar-refractivity contribution in [2.75, 3.05) is 27.3 Å². The second-order valence-electron chi connectivity index (χ2n) is 13.6. The number of rotatable bonds is 11. The minimum atomic E-state index is -0.763. The number of carbonyl (C=O) groups is 4. The van der Waals surface area contributed by atoms with Gasteiger partial charge in [0, 0.05) is 13.1 Å². The molecule has 0 bridgehead atoms. The van der Waals surface area contributed by atoms with Crippen LogP contribution in [0, 0.1) is 5.92 Å². The van der Waals surface area contributed by atoms with E-state index in [4.69, 9.17) is 14.5 Å². The Hall–Kier alpha value is -5.66. The first-order valence-corrected chi connectivity index (χ1v) is 17.7. The van der Waals surface area contributed by atoms with E-state index in [2.05, 4.69) is 50.4 Å². The van der Waals surface area contributed by atoms with Gasteiger partial charge in [-0.1, -0.05) is 50.3 Å². The molecular formula is C38H46N8O6. The normalized spacial score (nSPS) is 18.3. The van der Waals surface area contributed by atoms with Gasteiger partial charge >= 0.3 is 12.2 Å². The molecule has 4 aromatic rings. The van der Waals surface area contributed by atoms with Gasteiger partial charge in [-0.25, -0.2) is 19.6 Å². The highest BCUT2D eigenvalue weighted by molar-refractivity contribution is 5.88. The molecule has 14 nitrogen and oxygen atoms in total. The lowest BCUT2D eigenvalue weighted by molar-refractivity contribution is -0.135. The molecule has 2 aromatic heterocycles. The van der Waals surface area contributed by atoms with Crippen molar-refractivity contribution >= 4 is 35.0 Å². The number of carbonyl (C=O) groups excluding carboxylic acids is 4. The van der Waals surface area contributed by atoms with Crippen molar-refractivity contribution in [3.63, 3.8) is 0 Å². The number of methoxy groups -OCH3 is 2. The highest BCUT2D eigenvalue weighted by Crippen LogP contribution is 2.35. The minimum Gasteiger partial charge on any atom is -0.453 e. The number of nitrogens with one attached hydrogen (secondary N) is 4. The Balaban J connectivity index is 1.15. The highest BCUT2D eigenvalue weighted by atomic mass is 16.5. The zero-order chi connectivity index (χ0) is 36.9. The number of fused-ring (bicyclic) bond motifs is 1. The van der Waals surface area contributed by atoms with Gasteiger partial charge in [0.25, 0.3) is 0 Å². The van der Waals surface area contributed by atoms with Crippen LogP contribution in [-0.2, 0) is 19.1 Å². The first kappa shape index (κ1) is 36.1.